The first-order chi connectivity index (χ1) is 5.33. The lowest BCUT2D eigenvalue weighted by atomic mass is 9.91. The van der Waals surface area contributed by atoms with Crippen LogP contribution >= 0.6 is 0 Å². The van der Waals surface area contributed by atoms with Crippen LogP contribution in [0.4, 0.5) is 0 Å². The maximum atomic E-state index is 8.84. The summed E-state index contributed by atoms with van der Waals surface area (Å²) >= 11 is 0. The summed E-state index contributed by atoms with van der Waals surface area (Å²) in [6, 6.07) is 0. The Morgan fingerprint density at radius 1 is 1.36 bits per heavy atom. The molecule has 0 radical (unpaired) electrons. The summed E-state index contributed by atoms with van der Waals surface area (Å²) in [5, 5.41) is 8.84. The summed E-state index contributed by atoms with van der Waals surface area (Å²) in [4.78, 5) is 0. The van der Waals surface area contributed by atoms with Crippen LogP contribution in [0, 0.1) is 11.8 Å². The van der Waals surface area contributed by atoms with Crippen molar-refractivity contribution in [1.82, 2.24) is 0 Å². The van der Waals surface area contributed by atoms with Gasteiger partial charge in [0.05, 0.1) is 0 Å². The van der Waals surface area contributed by atoms with Crippen molar-refractivity contribution in [2.24, 2.45) is 11.8 Å². The summed E-state index contributed by atoms with van der Waals surface area (Å²) in [5.74, 6) is 1.74. The number of hydrogen-bond acceptors (Lipinski definition) is 1. The maximum Gasteiger partial charge on any atom is 0.0468 e. The molecule has 0 aromatic carbocycles. The minimum Gasteiger partial charge on any atom is -0.396 e. The highest BCUT2D eigenvalue weighted by atomic mass is 16.2. The number of fused-ring (bicyclic) bond motifs is 2. The van der Waals surface area contributed by atoms with E-state index in [1.165, 1.54) is 19.3 Å². The molecule has 2 aliphatic rings. The standard InChI is InChI=1S/C10H16O/c1-7-8-2-3-9(6-8)10(7)4-5-11/h8-9,11H,2-6H2,1H3. The van der Waals surface area contributed by atoms with Crippen molar-refractivity contribution in [3.05, 3.63) is 11.1 Å². The van der Waals surface area contributed by atoms with Gasteiger partial charge in [0, 0.05) is 6.61 Å². The summed E-state index contributed by atoms with van der Waals surface area (Å²) in [5.41, 5.74) is 3.19. The third-order valence-electron chi connectivity index (χ3n) is 3.43. The lowest BCUT2D eigenvalue weighted by Crippen LogP contribution is -2.02. The molecule has 1 heteroatoms. The molecule has 1 saturated carbocycles. The van der Waals surface area contributed by atoms with E-state index in [2.05, 4.69) is 6.92 Å². The average molecular weight is 152 g/mol. The maximum absolute atomic E-state index is 8.84. The van der Waals surface area contributed by atoms with E-state index in [1.54, 1.807) is 11.1 Å². The van der Waals surface area contributed by atoms with Crippen molar-refractivity contribution in [1.29, 1.82) is 0 Å². The molecule has 2 bridgehead atoms. The van der Waals surface area contributed by atoms with Crippen molar-refractivity contribution < 1.29 is 5.11 Å². The van der Waals surface area contributed by atoms with Crippen LogP contribution in [0.1, 0.15) is 32.6 Å². The van der Waals surface area contributed by atoms with Crippen LogP contribution in [0.15, 0.2) is 11.1 Å². The van der Waals surface area contributed by atoms with Crippen molar-refractivity contribution in [2.45, 2.75) is 32.6 Å². The number of aliphatic hydroxyl groups is 1. The van der Waals surface area contributed by atoms with E-state index < -0.39 is 0 Å². The molecule has 2 unspecified atom stereocenters. The van der Waals surface area contributed by atoms with E-state index >= 15 is 0 Å². The van der Waals surface area contributed by atoms with Gasteiger partial charge in [-0.2, -0.15) is 0 Å². The van der Waals surface area contributed by atoms with Crippen molar-refractivity contribution in [2.75, 3.05) is 6.61 Å². The van der Waals surface area contributed by atoms with Crippen molar-refractivity contribution in [3.63, 3.8) is 0 Å². The minimum absolute atomic E-state index is 0.343. The molecule has 0 saturated heterocycles. The topological polar surface area (TPSA) is 20.2 Å². The molecule has 0 spiro atoms. The SMILES string of the molecule is CC1=C(CCO)C2CCC1C2. The number of rotatable bonds is 2. The van der Waals surface area contributed by atoms with Crippen LogP contribution in [-0.2, 0) is 0 Å². The van der Waals surface area contributed by atoms with Crippen LogP contribution in [0.5, 0.6) is 0 Å². The fourth-order valence-corrected chi connectivity index (χ4v) is 2.80. The first-order valence-electron chi connectivity index (χ1n) is 4.63. The highest BCUT2D eigenvalue weighted by Crippen LogP contribution is 2.49. The molecule has 2 rings (SSSR count). The highest BCUT2D eigenvalue weighted by Gasteiger charge is 2.35. The average Bonchev–Trinajstić information content (AvgIpc) is 2.54. The molecule has 0 heterocycles. The largest absolute Gasteiger partial charge is 0.396 e. The van der Waals surface area contributed by atoms with Gasteiger partial charge in [-0.15, -0.1) is 0 Å². The number of hydrogen-bond donors (Lipinski definition) is 1. The number of aliphatic hydroxyl groups excluding tert-OH is 1. The Kier molecular flexibility index (Phi) is 1.76. The molecule has 2 aliphatic carbocycles. The second-order valence-corrected chi connectivity index (χ2v) is 3.89. The molecular weight excluding hydrogens is 136 g/mol. The Balaban J connectivity index is 2.17. The summed E-state index contributed by atoms with van der Waals surface area (Å²) in [6.45, 7) is 2.60. The highest BCUT2D eigenvalue weighted by molar-refractivity contribution is 5.27. The minimum atomic E-state index is 0.343. The summed E-state index contributed by atoms with van der Waals surface area (Å²) < 4.78 is 0. The zero-order valence-electron chi connectivity index (χ0n) is 7.14. The first-order valence-corrected chi connectivity index (χ1v) is 4.63. The third kappa shape index (κ3) is 1.02. The van der Waals surface area contributed by atoms with Gasteiger partial charge >= 0.3 is 0 Å². The smallest absolute Gasteiger partial charge is 0.0468 e. The van der Waals surface area contributed by atoms with Crippen molar-refractivity contribution in [3.8, 4) is 0 Å². The lowest BCUT2D eigenvalue weighted by molar-refractivity contribution is 0.294. The van der Waals surface area contributed by atoms with Gasteiger partial charge in [-0.3, -0.25) is 0 Å². The van der Waals surface area contributed by atoms with Gasteiger partial charge in [-0.25, -0.2) is 0 Å². The second-order valence-electron chi connectivity index (χ2n) is 3.89. The molecular formula is C10H16O. The molecule has 1 N–H and O–H groups in total. The first kappa shape index (κ1) is 7.35. The van der Waals surface area contributed by atoms with Crippen LogP contribution in [0.3, 0.4) is 0 Å². The van der Waals surface area contributed by atoms with Gasteiger partial charge in [-0.05, 0) is 44.4 Å². The Morgan fingerprint density at radius 2 is 2.09 bits per heavy atom. The zero-order valence-corrected chi connectivity index (χ0v) is 7.14. The zero-order chi connectivity index (χ0) is 7.84. The van der Waals surface area contributed by atoms with Gasteiger partial charge in [0.25, 0.3) is 0 Å². The molecule has 0 aromatic rings. The van der Waals surface area contributed by atoms with E-state index in [9.17, 15) is 0 Å². The molecule has 0 aromatic heterocycles. The Hall–Kier alpha value is -0.300. The predicted octanol–water partition coefficient (Wildman–Crippen LogP) is 2.12. The second kappa shape index (κ2) is 2.63. The molecule has 2 atom stereocenters. The fraction of sp³-hybridized carbons (Fsp3) is 0.800. The monoisotopic (exact) mass is 152 g/mol. The molecule has 1 nitrogen and oxygen atoms in total. The van der Waals surface area contributed by atoms with Crippen LogP contribution in [-0.4, -0.2) is 11.7 Å². The normalized spacial score (nSPS) is 35.5. The van der Waals surface area contributed by atoms with Gasteiger partial charge in [-0.1, -0.05) is 11.1 Å². The Bertz CT molecular complexity index is 193. The third-order valence-corrected chi connectivity index (χ3v) is 3.43. The van der Waals surface area contributed by atoms with E-state index in [4.69, 9.17) is 5.11 Å². The summed E-state index contributed by atoms with van der Waals surface area (Å²) in [6.07, 6.45) is 5.12. The Morgan fingerprint density at radius 3 is 2.64 bits per heavy atom. The van der Waals surface area contributed by atoms with Gasteiger partial charge in [0.1, 0.15) is 0 Å². The van der Waals surface area contributed by atoms with Gasteiger partial charge in [0.2, 0.25) is 0 Å². The van der Waals surface area contributed by atoms with Crippen molar-refractivity contribution >= 4 is 0 Å². The molecule has 1 fully saturated rings. The van der Waals surface area contributed by atoms with Crippen LogP contribution in [0.2, 0.25) is 0 Å². The van der Waals surface area contributed by atoms with Crippen LogP contribution < -0.4 is 0 Å². The van der Waals surface area contributed by atoms with E-state index in [1.807, 2.05) is 0 Å². The van der Waals surface area contributed by atoms with E-state index in [0.29, 0.717) is 6.61 Å². The van der Waals surface area contributed by atoms with E-state index in [0.717, 1.165) is 18.3 Å². The van der Waals surface area contributed by atoms with E-state index in [-0.39, 0.29) is 0 Å². The number of allylic oxidation sites excluding steroid dienone is 1. The van der Waals surface area contributed by atoms with Gasteiger partial charge < -0.3 is 5.11 Å². The summed E-state index contributed by atoms with van der Waals surface area (Å²) in [7, 11) is 0. The Labute approximate surface area is 68.1 Å². The molecule has 0 aliphatic heterocycles. The predicted molar refractivity (Wildman–Crippen MR) is 45.2 cm³/mol. The van der Waals surface area contributed by atoms with Crippen LogP contribution in [0.25, 0.3) is 0 Å². The molecule has 0 amide bonds. The fourth-order valence-electron chi connectivity index (χ4n) is 2.80. The quantitative estimate of drug-likeness (QED) is 0.601. The molecule has 62 valence electrons. The van der Waals surface area contributed by atoms with Gasteiger partial charge in [0.15, 0.2) is 0 Å². The lowest BCUT2D eigenvalue weighted by Gasteiger charge is -2.15. The molecule has 11 heavy (non-hydrogen) atoms.